The number of rotatable bonds is 4. The lowest BCUT2D eigenvalue weighted by Gasteiger charge is -2.24. The summed E-state index contributed by atoms with van der Waals surface area (Å²) in [6.45, 7) is 0.839. The molecule has 24 heavy (non-hydrogen) atoms. The Hall–Kier alpha value is -1.71. The number of nitrogens with zero attached hydrogens (tertiary/aromatic N) is 2. The predicted octanol–water partition coefficient (Wildman–Crippen LogP) is 0.471. The molecule has 0 spiro atoms. The van der Waals surface area contributed by atoms with Gasteiger partial charge in [0.2, 0.25) is 10.0 Å². The molecule has 1 aromatic carbocycles. The van der Waals surface area contributed by atoms with Gasteiger partial charge in [0.1, 0.15) is 0 Å². The lowest BCUT2D eigenvalue weighted by molar-refractivity contribution is -0.148. The lowest BCUT2D eigenvalue weighted by Crippen LogP contribution is -2.41. The molecule has 1 aromatic rings. The zero-order valence-electron chi connectivity index (χ0n) is 13.4. The number of carboxylic acids is 1. The molecule has 2 aliphatic heterocycles. The third-order valence-electron chi connectivity index (χ3n) is 4.94. The summed E-state index contributed by atoms with van der Waals surface area (Å²) < 4.78 is 45.3. The maximum atomic E-state index is 13.8. The van der Waals surface area contributed by atoms with Gasteiger partial charge in [-0.15, -0.1) is 0 Å². The van der Waals surface area contributed by atoms with Crippen LogP contribution in [0.4, 0.5) is 4.39 Å². The van der Waals surface area contributed by atoms with E-state index in [1.165, 1.54) is 19.2 Å². The molecular formula is C15H19FN2O5S. The number of benzene rings is 1. The van der Waals surface area contributed by atoms with Crippen LogP contribution in [0.25, 0.3) is 0 Å². The molecular weight excluding hydrogens is 339 g/mol. The van der Waals surface area contributed by atoms with Crippen molar-refractivity contribution in [1.82, 2.24) is 9.21 Å². The Kier molecular flexibility index (Phi) is 4.05. The van der Waals surface area contributed by atoms with Crippen LogP contribution in [0.5, 0.6) is 5.75 Å². The maximum absolute atomic E-state index is 13.8. The predicted molar refractivity (Wildman–Crippen MR) is 82.8 cm³/mol. The Morgan fingerprint density at radius 3 is 2.62 bits per heavy atom. The average Bonchev–Trinajstić information content (AvgIpc) is 3.01. The van der Waals surface area contributed by atoms with Gasteiger partial charge in [-0.1, -0.05) is 0 Å². The second kappa shape index (κ2) is 5.68. The van der Waals surface area contributed by atoms with Crippen molar-refractivity contribution >= 4 is 16.0 Å². The van der Waals surface area contributed by atoms with E-state index in [0.717, 1.165) is 10.4 Å². The molecule has 2 aliphatic rings. The number of sulfonamides is 1. The maximum Gasteiger partial charge on any atom is 0.312 e. The second-order valence-electron chi connectivity index (χ2n) is 6.45. The fourth-order valence-electron chi connectivity index (χ4n) is 3.71. The van der Waals surface area contributed by atoms with Crippen molar-refractivity contribution in [2.45, 2.75) is 4.90 Å². The van der Waals surface area contributed by atoms with E-state index in [1.807, 2.05) is 11.9 Å². The Morgan fingerprint density at radius 1 is 1.38 bits per heavy atom. The number of ether oxygens (including phenoxy) is 1. The Morgan fingerprint density at radius 2 is 2.08 bits per heavy atom. The molecule has 1 N–H and O–H groups in total. The van der Waals surface area contributed by atoms with Crippen molar-refractivity contribution in [2.75, 3.05) is 40.3 Å². The highest BCUT2D eigenvalue weighted by atomic mass is 32.2. The van der Waals surface area contributed by atoms with E-state index >= 15 is 0 Å². The van der Waals surface area contributed by atoms with Crippen molar-refractivity contribution < 1.29 is 27.4 Å². The van der Waals surface area contributed by atoms with Gasteiger partial charge >= 0.3 is 5.97 Å². The van der Waals surface area contributed by atoms with E-state index in [0.29, 0.717) is 13.1 Å². The Bertz CT molecular complexity index is 784. The van der Waals surface area contributed by atoms with Crippen LogP contribution >= 0.6 is 0 Å². The molecule has 0 amide bonds. The third kappa shape index (κ3) is 2.47. The molecule has 0 bridgehead atoms. The van der Waals surface area contributed by atoms with Crippen LogP contribution in [0.1, 0.15) is 0 Å². The molecule has 2 heterocycles. The SMILES string of the molecule is COc1ccc(S(=O)(=O)N2C[C@H]3CN(C)C[C@@]3(C(=O)O)C2)cc1F. The number of aliphatic carboxylic acids is 1. The summed E-state index contributed by atoms with van der Waals surface area (Å²) in [5.41, 5.74) is -1.10. The fraction of sp³-hybridized carbons (Fsp3) is 0.533. The van der Waals surface area contributed by atoms with Gasteiger partial charge in [-0.05, 0) is 25.2 Å². The van der Waals surface area contributed by atoms with E-state index in [-0.39, 0.29) is 29.7 Å². The number of methoxy groups -OCH3 is 1. The molecule has 2 fully saturated rings. The van der Waals surface area contributed by atoms with E-state index < -0.39 is 27.2 Å². The average molecular weight is 358 g/mol. The zero-order chi connectivity index (χ0) is 17.7. The van der Waals surface area contributed by atoms with E-state index in [1.54, 1.807) is 0 Å². The van der Waals surface area contributed by atoms with Crippen LogP contribution in [0, 0.1) is 17.2 Å². The summed E-state index contributed by atoms with van der Waals surface area (Å²) in [6, 6.07) is 3.42. The normalized spacial score (nSPS) is 28.0. The largest absolute Gasteiger partial charge is 0.494 e. The number of halogens is 1. The number of fused-ring (bicyclic) bond motifs is 1. The Balaban J connectivity index is 1.92. The van der Waals surface area contributed by atoms with Gasteiger partial charge in [0.15, 0.2) is 11.6 Å². The van der Waals surface area contributed by atoms with Crippen LogP contribution in [0.3, 0.4) is 0 Å². The minimum atomic E-state index is -3.96. The minimum absolute atomic E-state index is 0.0455. The van der Waals surface area contributed by atoms with Crippen LogP contribution in [-0.2, 0) is 14.8 Å². The van der Waals surface area contributed by atoms with Crippen LogP contribution in [0.15, 0.2) is 23.1 Å². The summed E-state index contributed by atoms with van der Waals surface area (Å²) in [6.07, 6.45) is 0. The molecule has 0 unspecified atom stereocenters. The first-order valence-electron chi connectivity index (χ1n) is 7.46. The molecule has 0 aliphatic carbocycles. The first-order chi connectivity index (χ1) is 11.2. The number of carboxylic acid groups (broad SMARTS) is 1. The van der Waals surface area contributed by atoms with Gasteiger partial charge in [0, 0.05) is 32.1 Å². The monoisotopic (exact) mass is 358 g/mol. The summed E-state index contributed by atoms with van der Waals surface area (Å²) in [4.78, 5) is 13.5. The van der Waals surface area contributed by atoms with Crippen molar-refractivity contribution in [1.29, 1.82) is 0 Å². The van der Waals surface area contributed by atoms with Gasteiger partial charge in [-0.3, -0.25) is 4.79 Å². The summed E-state index contributed by atoms with van der Waals surface area (Å²) in [5.74, 6) is -2.09. The number of carbonyl (C=O) groups is 1. The van der Waals surface area contributed by atoms with Crippen LogP contribution < -0.4 is 4.74 Å². The second-order valence-corrected chi connectivity index (χ2v) is 8.39. The first kappa shape index (κ1) is 17.1. The third-order valence-corrected chi connectivity index (χ3v) is 6.74. The molecule has 7 nitrogen and oxygen atoms in total. The van der Waals surface area contributed by atoms with Gasteiger partial charge in [0.25, 0.3) is 0 Å². The van der Waals surface area contributed by atoms with Gasteiger partial charge in [-0.25, -0.2) is 12.8 Å². The Labute approximate surface area is 139 Å². The smallest absolute Gasteiger partial charge is 0.312 e. The molecule has 9 heteroatoms. The zero-order valence-corrected chi connectivity index (χ0v) is 14.2. The van der Waals surface area contributed by atoms with Crippen molar-refractivity contribution in [3.8, 4) is 5.75 Å². The fourth-order valence-corrected chi connectivity index (χ4v) is 5.28. The van der Waals surface area contributed by atoms with Crippen molar-refractivity contribution in [3.05, 3.63) is 24.0 Å². The molecule has 0 aromatic heterocycles. The van der Waals surface area contributed by atoms with Crippen LogP contribution in [-0.4, -0.2) is 69.0 Å². The number of hydrogen-bond donors (Lipinski definition) is 1. The highest BCUT2D eigenvalue weighted by Gasteiger charge is 2.59. The highest BCUT2D eigenvalue weighted by Crippen LogP contribution is 2.44. The lowest BCUT2D eigenvalue weighted by atomic mass is 9.81. The van der Waals surface area contributed by atoms with E-state index in [4.69, 9.17) is 4.74 Å². The standard InChI is InChI=1S/C15H19FN2O5S/c1-17-6-10-7-18(9-15(10,8-17)14(19)20)24(21,22)11-3-4-13(23-2)12(16)5-11/h3-5,10H,6-9H2,1-2H3,(H,19,20)/t10-,15-/m1/s1. The van der Waals surface area contributed by atoms with E-state index in [9.17, 15) is 22.7 Å². The highest BCUT2D eigenvalue weighted by molar-refractivity contribution is 7.89. The number of hydrogen-bond acceptors (Lipinski definition) is 5. The quantitative estimate of drug-likeness (QED) is 0.842. The van der Waals surface area contributed by atoms with Crippen molar-refractivity contribution in [2.24, 2.45) is 11.3 Å². The molecule has 2 atom stereocenters. The minimum Gasteiger partial charge on any atom is -0.494 e. The number of likely N-dealkylation sites (tertiary alicyclic amines) is 1. The summed E-state index contributed by atoms with van der Waals surface area (Å²) in [5, 5.41) is 9.63. The molecule has 3 rings (SSSR count). The van der Waals surface area contributed by atoms with Gasteiger partial charge < -0.3 is 14.7 Å². The topological polar surface area (TPSA) is 87.2 Å². The first-order valence-corrected chi connectivity index (χ1v) is 8.90. The molecule has 132 valence electrons. The summed E-state index contributed by atoms with van der Waals surface area (Å²) >= 11 is 0. The van der Waals surface area contributed by atoms with Gasteiger partial charge in [-0.2, -0.15) is 4.31 Å². The van der Waals surface area contributed by atoms with Gasteiger partial charge in [0.05, 0.1) is 17.4 Å². The molecule has 0 saturated carbocycles. The molecule has 2 saturated heterocycles. The van der Waals surface area contributed by atoms with Crippen molar-refractivity contribution in [3.63, 3.8) is 0 Å². The summed E-state index contributed by atoms with van der Waals surface area (Å²) in [7, 11) is -0.848. The van der Waals surface area contributed by atoms with E-state index in [2.05, 4.69) is 0 Å². The van der Waals surface area contributed by atoms with Crippen LogP contribution in [0.2, 0.25) is 0 Å². The molecule has 0 radical (unpaired) electrons.